The molecule has 1 unspecified atom stereocenters. The molecule has 0 aliphatic carbocycles. The number of carbonyl (C=O) groups excluding carboxylic acids is 1. The van der Waals surface area contributed by atoms with Crippen LogP contribution in [0.3, 0.4) is 0 Å². The van der Waals surface area contributed by atoms with Crippen LogP contribution in [-0.2, 0) is 4.79 Å². The van der Waals surface area contributed by atoms with Gasteiger partial charge in [0, 0.05) is 11.7 Å². The fraction of sp³-hybridized carbons (Fsp3) is 0.500. The molecular weight excluding hydrogens is 224 g/mol. The Morgan fingerprint density at radius 3 is 2.81 bits per heavy atom. The number of amides is 1. The number of hydrogen-bond acceptors (Lipinski definition) is 5. The molecule has 6 heteroatoms. The van der Waals surface area contributed by atoms with Crippen molar-refractivity contribution in [3.8, 4) is 0 Å². The second-order valence-electron chi connectivity index (χ2n) is 4.65. The van der Waals surface area contributed by atoms with E-state index in [1.807, 2.05) is 20.8 Å². The van der Waals surface area contributed by atoms with Gasteiger partial charge in [-0.15, -0.1) is 11.3 Å². The highest BCUT2D eigenvalue weighted by molar-refractivity contribution is 7.09. The summed E-state index contributed by atoms with van der Waals surface area (Å²) in [7, 11) is 0. The van der Waals surface area contributed by atoms with Gasteiger partial charge in [0.2, 0.25) is 0 Å². The summed E-state index contributed by atoms with van der Waals surface area (Å²) in [5, 5.41) is 5.87. The lowest BCUT2D eigenvalue weighted by atomic mass is 10.1. The normalized spacial score (nSPS) is 20.6. The second kappa shape index (κ2) is 3.86. The number of aromatic nitrogens is 1. The molecule has 86 valence electrons. The minimum absolute atomic E-state index is 0.101. The van der Waals surface area contributed by atoms with E-state index in [0.29, 0.717) is 5.96 Å². The van der Waals surface area contributed by atoms with E-state index in [1.54, 1.807) is 11.7 Å². The highest BCUT2D eigenvalue weighted by atomic mass is 32.1. The van der Waals surface area contributed by atoms with Gasteiger partial charge < -0.3 is 5.32 Å². The van der Waals surface area contributed by atoms with E-state index >= 15 is 0 Å². The van der Waals surface area contributed by atoms with Crippen LogP contribution in [0.2, 0.25) is 0 Å². The van der Waals surface area contributed by atoms with Crippen molar-refractivity contribution in [2.24, 2.45) is 4.99 Å². The Hall–Kier alpha value is -1.43. The number of aliphatic imine (C=N–C) groups is 1. The van der Waals surface area contributed by atoms with Crippen molar-refractivity contribution in [1.29, 1.82) is 0 Å². The smallest absolute Gasteiger partial charge is 0.257 e. The number of nitrogens with one attached hydrogen (secondary N) is 2. The number of nitrogens with zero attached hydrogens (tertiary/aromatic N) is 2. The molecule has 1 atom stereocenters. The van der Waals surface area contributed by atoms with Crippen LogP contribution in [0.15, 0.2) is 16.7 Å². The first-order valence-corrected chi connectivity index (χ1v) is 5.89. The molecule has 0 saturated carbocycles. The van der Waals surface area contributed by atoms with E-state index in [0.717, 1.165) is 4.88 Å². The average molecular weight is 238 g/mol. The van der Waals surface area contributed by atoms with Crippen molar-refractivity contribution in [3.63, 3.8) is 0 Å². The van der Waals surface area contributed by atoms with E-state index in [4.69, 9.17) is 0 Å². The van der Waals surface area contributed by atoms with Crippen molar-refractivity contribution in [2.45, 2.75) is 32.4 Å². The number of thiazole rings is 1. The molecular formula is C10H14N4OS. The summed E-state index contributed by atoms with van der Waals surface area (Å²) in [4.78, 5) is 20.8. The molecule has 5 nitrogen and oxygen atoms in total. The van der Waals surface area contributed by atoms with Crippen LogP contribution in [0.4, 0.5) is 0 Å². The molecule has 1 aromatic rings. The first-order chi connectivity index (χ1) is 7.46. The van der Waals surface area contributed by atoms with Crippen molar-refractivity contribution in [2.75, 3.05) is 0 Å². The van der Waals surface area contributed by atoms with Crippen molar-refractivity contribution >= 4 is 23.2 Å². The van der Waals surface area contributed by atoms with Gasteiger partial charge in [0.05, 0.1) is 10.4 Å². The van der Waals surface area contributed by atoms with Gasteiger partial charge in [0.1, 0.15) is 0 Å². The Morgan fingerprint density at radius 1 is 1.50 bits per heavy atom. The van der Waals surface area contributed by atoms with Crippen LogP contribution in [0.5, 0.6) is 0 Å². The summed E-state index contributed by atoms with van der Waals surface area (Å²) < 4.78 is 0. The molecule has 2 heterocycles. The third-order valence-electron chi connectivity index (χ3n) is 1.96. The molecule has 0 bridgehead atoms. The van der Waals surface area contributed by atoms with Crippen LogP contribution in [0.1, 0.15) is 31.7 Å². The average Bonchev–Trinajstić information content (AvgIpc) is 2.71. The highest BCUT2D eigenvalue weighted by Crippen LogP contribution is 2.24. The molecule has 0 aromatic carbocycles. The molecule has 2 rings (SSSR count). The van der Waals surface area contributed by atoms with E-state index in [2.05, 4.69) is 20.6 Å². The maximum Gasteiger partial charge on any atom is 0.257 e. The summed E-state index contributed by atoms with van der Waals surface area (Å²) in [5.41, 5.74) is 1.59. The molecule has 0 fully saturated rings. The maximum absolute atomic E-state index is 11.7. The van der Waals surface area contributed by atoms with E-state index in [9.17, 15) is 4.79 Å². The molecule has 1 aromatic heterocycles. The van der Waals surface area contributed by atoms with Gasteiger partial charge in [0.25, 0.3) is 5.91 Å². The lowest BCUT2D eigenvalue weighted by Gasteiger charge is -2.21. The summed E-state index contributed by atoms with van der Waals surface area (Å²) >= 11 is 1.44. The van der Waals surface area contributed by atoms with Crippen molar-refractivity contribution in [3.05, 3.63) is 16.6 Å². The number of rotatable bonds is 1. The van der Waals surface area contributed by atoms with Crippen LogP contribution in [0, 0.1) is 0 Å². The van der Waals surface area contributed by atoms with Gasteiger partial charge in [-0.2, -0.15) is 0 Å². The fourth-order valence-corrected chi connectivity index (χ4v) is 2.03. The molecule has 16 heavy (non-hydrogen) atoms. The Balaban J connectivity index is 2.15. The van der Waals surface area contributed by atoms with Crippen LogP contribution < -0.4 is 10.6 Å². The van der Waals surface area contributed by atoms with Crippen LogP contribution >= 0.6 is 11.3 Å². The van der Waals surface area contributed by atoms with Crippen LogP contribution in [-0.4, -0.2) is 22.4 Å². The van der Waals surface area contributed by atoms with Gasteiger partial charge in [-0.25, -0.2) is 4.99 Å². The lowest BCUT2D eigenvalue weighted by molar-refractivity contribution is -0.120. The number of guanidine groups is 1. The highest BCUT2D eigenvalue weighted by Gasteiger charge is 2.30. The van der Waals surface area contributed by atoms with Crippen LogP contribution in [0.25, 0.3) is 0 Å². The van der Waals surface area contributed by atoms with Gasteiger partial charge in [-0.3, -0.25) is 15.1 Å². The monoisotopic (exact) mass is 238 g/mol. The van der Waals surface area contributed by atoms with Gasteiger partial charge in [0.15, 0.2) is 12.0 Å². The fourth-order valence-electron chi connectivity index (χ4n) is 1.38. The predicted molar refractivity (Wildman–Crippen MR) is 63.3 cm³/mol. The van der Waals surface area contributed by atoms with Crippen molar-refractivity contribution in [1.82, 2.24) is 15.6 Å². The van der Waals surface area contributed by atoms with E-state index in [-0.39, 0.29) is 11.4 Å². The summed E-state index contributed by atoms with van der Waals surface area (Å²) in [6, 6.07) is -0.447. The Bertz CT molecular complexity index is 419. The molecule has 0 spiro atoms. The Morgan fingerprint density at radius 2 is 2.25 bits per heavy atom. The summed E-state index contributed by atoms with van der Waals surface area (Å²) in [5.74, 6) is 0.437. The number of carbonyl (C=O) groups is 1. The van der Waals surface area contributed by atoms with E-state index < -0.39 is 6.04 Å². The van der Waals surface area contributed by atoms with Gasteiger partial charge in [-0.05, 0) is 20.8 Å². The molecule has 0 radical (unpaired) electrons. The molecule has 1 aliphatic heterocycles. The molecule has 2 N–H and O–H groups in total. The third-order valence-corrected chi connectivity index (χ3v) is 2.79. The first-order valence-electron chi connectivity index (χ1n) is 5.01. The largest absolute Gasteiger partial charge is 0.351 e. The number of hydrogen-bond donors (Lipinski definition) is 2. The minimum Gasteiger partial charge on any atom is -0.351 e. The standard InChI is InChI=1S/C10H14N4OS/c1-10(2,3)14-9-12-7(8(15)13-9)6-4-11-5-16-6/h4-5,7H,1-3H3,(H2,12,13,14,15). The molecule has 1 aliphatic rings. The minimum atomic E-state index is -0.447. The topological polar surface area (TPSA) is 66.4 Å². The molecule has 0 saturated heterocycles. The maximum atomic E-state index is 11.7. The lowest BCUT2D eigenvalue weighted by Crippen LogP contribution is -2.46. The SMILES string of the molecule is CC(C)(C)NC1=NC(c2cncs2)C(=O)N1. The van der Waals surface area contributed by atoms with Crippen molar-refractivity contribution < 1.29 is 4.79 Å². The zero-order valence-electron chi connectivity index (χ0n) is 9.44. The van der Waals surface area contributed by atoms with Gasteiger partial charge in [-0.1, -0.05) is 0 Å². The summed E-state index contributed by atoms with van der Waals surface area (Å²) in [6.07, 6.45) is 1.68. The zero-order valence-corrected chi connectivity index (χ0v) is 10.3. The Kier molecular flexibility index (Phi) is 2.67. The Labute approximate surface area is 98.0 Å². The zero-order chi connectivity index (χ0) is 11.8. The predicted octanol–water partition coefficient (Wildman–Crippen LogP) is 1.06. The summed E-state index contributed by atoms with van der Waals surface area (Å²) in [6.45, 7) is 6.05. The van der Waals surface area contributed by atoms with Gasteiger partial charge >= 0.3 is 0 Å². The first kappa shape index (κ1) is 11.1. The van der Waals surface area contributed by atoms with E-state index in [1.165, 1.54) is 11.3 Å². The molecule has 1 amide bonds. The third kappa shape index (κ3) is 2.38. The second-order valence-corrected chi connectivity index (χ2v) is 5.57. The quantitative estimate of drug-likeness (QED) is 0.768.